The molecule has 0 atom stereocenters. The van der Waals surface area contributed by atoms with Crippen molar-refractivity contribution in [3.63, 3.8) is 0 Å². The molecule has 0 bridgehead atoms. The highest BCUT2D eigenvalue weighted by atomic mass is 32.1. The maximum atomic E-state index is 5.29. The molecule has 0 saturated heterocycles. The highest BCUT2D eigenvalue weighted by molar-refractivity contribution is 7.71. The lowest BCUT2D eigenvalue weighted by Gasteiger charge is -2.10. The summed E-state index contributed by atoms with van der Waals surface area (Å²) in [5.41, 5.74) is 2.85. The third-order valence-corrected chi connectivity index (χ3v) is 3.04. The molecule has 2 rings (SSSR count). The number of nitrogens with zero attached hydrogens (tertiary/aromatic N) is 2. The van der Waals surface area contributed by atoms with Gasteiger partial charge in [0.2, 0.25) is 0 Å². The molecule has 88 valence electrons. The van der Waals surface area contributed by atoms with Crippen molar-refractivity contribution in [2.75, 3.05) is 0 Å². The van der Waals surface area contributed by atoms with Crippen molar-refractivity contribution in [1.82, 2.24) is 15.0 Å². The number of aromatic nitrogens is 3. The van der Waals surface area contributed by atoms with Crippen LogP contribution in [0.4, 0.5) is 0 Å². The molecule has 0 aliphatic rings. The molecule has 0 radical (unpaired) electrons. The topological polar surface area (TPSA) is 41.6 Å². The molecule has 0 aromatic carbocycles. The first-order chi connectivity index (χ1) is 8.09. The van der Waals surface area contributed by atoms with E-state index < -0.39 is 0 Å². The van der Waals surface area contributed by atoms with Crippen molar-refractivity contribution >= 4 is 12.2 Å². The third kappa shape index (κ3) is 2.42. The van der Waals surface area contributed by atoms with Crippen LogP contribution in [0, 0.1) is 11.6 Å². The van der Waals surface area contributed by atoms with E-state index in [1.54, 1.807) is 6.20 Å². The fraction of sp³-hybridized carbons (Fsp3) is 0.308. The van der Waals surface area contributed by atoms with Crippen molar-refractivity contribution in [2.24, 2.45) is 0 Å². The number of H-pyrrole nitrogens is 1. The van der Waals surface area contributed by atoms with Crippen LogP contribution >= 0.6 is 12.2 Å². The zero-order valence-corrected chi connectivity index (χ0v) is 11.0. The van der Waals surface area contributed by atoms with Gasteiger partial charge in [-0.1, -0.05) is 32.1 Å². The van der Waals surface area contributed by atoms with E-state index in [9.17, 15) is 0 Å². The van der Waals surface area contributed by atoms with Gasteiger partial charge in [-0.05, 0) is 19.1 Å². The summed E-state index contributed by atoms with van der Waals surface area (Å²) < 4.78 is 0.646. The first-order valence-electron chi connectivity index (χ1n) is 5.62. The van der Waals surface area contributed by atoms with Gasteiger partial charge in [-0.15, -0.1) is 0 Å². The minimum absolute atomic E-state index is 0.319. The Morgan fingerprint density at radius 1 is 1.29 bits per heavy atom. The Kier molecular flexibility index (Phi) is 3.33. The van der Waals surface area contributed by atoms with Crippen LogP contribution in [0.5, 0.6) is 0 Å². The molecule has 0 fully saturated rings. The molecule has 2 aromatic rings. The van der Waals surface area contributed by atoms with Gasteiger partial charge in [-0.2, -0.15) is 0 Å². The summed E-state index contributed by atoms with van der Waals surface area (Å²) >= 11 is 5.29. The van der Waals surface area contributed by atoms with E-state index in [-0.39, 0.29) is 0 Å². The average Bonchev–Trinajstić information content (AvgIpc) is 2.33. The maximum absolute atomic E-state index is 5.29. The fourth-order valence-corrected chi connectivity index (χ4v) is 1.79. The van der Waals surface area contributed by atoms with Crippen LogP contribution in [-0.4, -0.2) is 15.0 Å². The lowest BCUT2D eigenvalue weighted by atomic mass is 10.1. The lowest BCUT2D eigenvalue weighted by molar-refractivity contribution is 0.769. The van der Waals surface area contributed by atoms with Crippen LogP contribution in [0.15, 0.2) is 24.4 Å². The van der Waals surface area contributed by atoms with Gasteiger partial charge in [-0.3, -0.25) is 4.98 Å². The van der Waals surface area contributed by atoms with E-state index in [0.29, 0.717) is 10.6 Å². The number of hydrogen-bond acceptors (Lipinski definition) is 3. The Morgan fingerprint density at radius 3 is 2.65 bits per heavy atom. The predicted octanol–water partition coefficient (Wildman–Crippen LogP) is 3.63. The first-order valence-corrected chi connectivity index (χ1v) is 6.02. The monoisotopic (exact) mass is 245 g/mol. The summed E-state index contributed by atoms with van der Waals surface area (Å²) in [6.45, 7) is 6.15. The Balaban J connectivity index is 2.65. The fourth-order valence-electron chi connectivity index (χ4n) is 1.59. The van der Waals surface area contributed by atoms with Crippen molar-refractivity contribution in [2.45, 2.75) is 26.7 Å². The first kappa shape index (κ1) is 11.9. The second kappa shape index (κ2) is 4.75. The summed E-state index contributed by atoms with van der Waals surface area (Å²) in [6, 6.07) is 5.84. The molecule has 0 aliphatic heterocycles. The molecule has 0 unspecified atom stereocenters. The summed E-state index contributed by atoms with van der Waals surface area (Å²) in [6.07, 6.45) is 1.78. The normalized spacial score (nSPS) is 10.8. The van der Waals surface area contributed by atoms with E-state index in [1.165, 1.54) is 0 Å². The van der Waals surface area contributed by atoms with E-state index in [0.717, 1.165) is 22.8 Å². The van der Waals surface area contributed by atoms with Gasteiger partial charge in [0.25, 0.3) is 0 Å². The molecule has 0 amide bonds. The summed E-state index contributed by atoms with van der Waals surface area (Å²) in [5, 5.41) is 0. The van der Waals surface area contributed by atoms with Crippen LogP contribution in [0.2, 0.25) is 0 Å². The van der Waals surface area contributed by atoms with Gasteiger partial charge in [0.1, 0.15) is 10.5 Å². The van der Waals surface area contributed by atoms with Crippen molar-refractivity contribution < 1.29 is 0 Å². The largest absolute Gasteiger partial charge is 0.341 e. The van der Waals surface area contributed by atoms with Gasteiger partial charge < -0.3 is 4.98 Å². The van der Waals surface area contributed by atoms with Crippen LogP contribution < -0.4 is 0 Å². The number of pyridine rings is 1. The SMILES string of the molecule is Cc1c(-c2ccccn2)[nH]c(C(C)C)nc1=S. The Bertz CT molecular complexity index is 573. The minimum atomic E-state index is 0.319. The smallest absolute Gasteiger partial charge is 0.133 e. The molecule has 2 heterocycles. The van der Waals surface area contributed by atoms with Crippen molar-refractivity contribution in [3.8, 4) is 11.4 Å². The summed E-state index contributed by atoms with van der Waals surface area (Å²) in [5.74, 6) is 1.22. The number of aromatic amines is 1. The Morgan fingerprint density at radius 2 is 2.06 bits per heavy atom. The molecule has 0 saturated carbocycles. The number of hydrogen-bond donors (Lipinski definition) is 1. The van der Waals surface area contributed by atoms with E-state index in [2.05, 4.69) is 28.8 Å². The highest BCUT2D eigenvalue weighted by Crippen LogP contribution is 2.21. The van der Waals surface area contributed by atoms with Gasteiger partial charge >= 0.3 is 0 Å². The minimum Gasteiger partial charge on any atom is -0.341 e. The van der Waals surface area contributed by atoms with E-state index in [4.69, 9.17) is 12.2 Å². The van der Waals surface area contributed by atoms with Gasteiger partial charge in [0, 0.05) is 17.7 Å². The van der Waals surface area contributed by atoms with Gasteiger partial charge in [0.15, 0.2) is 0 Å². The third-order valence-electron chi connectivity index (χ3n) is 2.64. The second-order valence-electron chi connectivity index (χ2n) is 4.30. The lowest BCUT2D eigenvalue weighted by Crippen LogP contribution is -2.02. The van der Waals surface area contributed by atoms with E-state index >= 15 is 0 Å². The number of rotatable bonds is 2. The molecule has 0 spiro atoms. The molecule has 17 heavy (non-hydrogen) atoms. The van der Waals surface area contributed by atoms with Crippen molar-refractivity contribution in [1.29, 1.82) is 0 Å². The Hall–Kier alpha value is -1.55. The molecule has 2 aromatic heterocycles. The Labute approximate surface area is 106 Å². The summed E-state index contributed by atoms with van der Waals surface area (Å²) in [4.78, 5) is 12.1. The average molecular weight is 245 g/mol. The zero-order valence-electron chi connectivity index (χ0n) is 10.2. The maximum Gasteiger partial charge on any atom is 0.133 e. The number of nitrogens with one attached hydrogen (secondary N) is 1. The standard InChI is InChI=1S/C13H15N3S/c1-8(2)12-15-11(9(3)13(17)16-12)10-6-4-5-7-14-10/h4-8H,1-3H3,(H,15,16,17). The van der Waals surface area contributed by atoms with E-state index in [1.807, 2.05) is 25.1 Å². The van der Waals surface area contributed by atoms with Crippen LogP contribution in [-0.2, 0) is 0 Å². The molecule has 3 nitrogen and oxygen atoms in total. The summed E-state index contributed by atoms with van der Waals surface area (Å²) in [7, 11) is 0. The zero-order chi connectivity index (χ0) is 12.4. The molecular formula is C13H15N3S. The quantitative estimate of drug-likeness (QED) is 0.821. The molecule has 0 aliphatic carbocycles. The van der Waals surface area contributed by atoms with Crippen LogP contribution in [0.1, 0.15) is 31.2 Å². The molecular weight excluding hydrogens is 230 g/mol. The van der Waals surface area contributed by atoms with Crippen LogP contribution in [0.3, 0.4) is 0 Å². The second-order valence-corrected chi connectivity index (χ2v) is 4.68. The molecule has 4 heteroatoms. The van der Waals surface area contributed by atoms with Crippen LogP contribution in [0.25, 0.3) is 11.4 Å². The van der Waals surface area contributed by atoms with Gasteiger partial charge in [-0.25, -0.2) is 4.98 Å². The van der Waals surface area contributed by atoms with Crippen molar-refractivity contribution in [3.05, 3.63) is 40.4 Å². The molecule has 1 N–H and O–H groups in total. The predicted molar refractivity (Wildman–Crippen MR) is 71.5 cm³/mol. The highest BCUT2D eigenvalue weighted by Gasteiger charge is 2.09. The van der Waals surface area contributed by atoms with Gasteiger partial charge in [0.05, 0.1) is 11.4 Å².